The molecule has 0 saturated heterocycles. The second-order valence-electron chi connectivity index (χ2n) is 6.17. The Hall–Kier alpha value is -3.68. The van der Waals surface area contributed by atoms with E-state index < -0.39 is 6.09 Å². The van der Waals surface area contributed by atoms with Crippen molar-refractivity contribution in [2.45, 2.75) is 13.0 Å². The summed E-state index contributed by atoms with van der Waals surface area (Å²) in [7, 11) is 0. The Morgan fingerprint density at radius 2 is 1.96 bits per heavy atom. The van der Waals surface area contributed by atoms with Gasteiger partial charge in [0, 0.05) is 11.9 Å². The van der Waals surface area contributed by atoms with Crippen molar-refractivity contribution in [1.29, 1.82) is 0 Å². The highest BCUT2D eigenvalue weighted by molar-refractivity contribution is 5.84. The number of nitrogens with one attached hydrogen (secondary N) is 2. The van der Waals surface area contributed by atoms with Crippen LogP contribution in [0.4, 0.5) is 15.1 Å². The number of hydrogen-bond acceptors (Lipinski definition) is 4. The maximum absolute atomic E-state index is 13.4. The van der Waals surface area contributed by atoms with Crippen molar-refractivity contribution in [3.63, 3.8) is 0 Å². The second kappa shape index (κ2) is 6.56. The minimum Gasteiger partial charge on any atom is -0.530 e. The van der Waals surface area contributed by atoms with Gasteiger partial charge < -0.3 is 24.8 Å². The molecule has 0 fully saturated rings. The SMILES string of the molecule is Cc1cncn1C(c1ccc(F)cc1)c1ccc2nc(NC(=O)[O-])[nH]c2c1. The van der Waals surface area contributed by atoms with E-state index in [9.17, 15) is 14.3 Å². The number of imidazole rings is 2. The van der Waals surface area contributed by atoms with E-state index in [0.717, 1.165) is 16.8 Å². The number of aromatic nitrogens is 4. The third-order valence-electron chi connectivity index (χ3n) is 4.37. The average molecular weight is 364 g/mol. The predicted octanol–water partition coefficient (Wildman–Crippen LogP) is 2.60. The van der Waals surface area contributed by atoms with Crippen LogP contribution in [0.25, 0.3) is 11.0 Å². The maximum atomic E-state index is 13.4. The lowest BCUT2D eigenvalue weighted by molar-refractivity contribution is -0.242. The van der Waals surface area contributed by atoms with Crippen LogP contribution in [-0.4, -0.2) is 25.6 Å². The number of hydrogen-bond donors (Lipinski definition) is 2. The van der Waals surface area contributed by atoms with Crippen LogP contribution in [0.1, 0.15) is 22.9 Å². The standard InChI is InChI=1S/C19H16FN5O2/c1-11-9-21-10-25(11)17(12-2-5-14(20)6-3-12)13-4-7-15-16(8-13)23-18(22-15)24-19(26)27/h2-10,17H,1H3,(H,26,27)(H2,22,23,24)/p-1. The van der Waals surface area contributed by atoms with Gasteiger partial charge in [0.25, 0.3) is 0 Å². The van der Waals surface area contributed by atoms with Crippen LogP contribution in [-0.2, 0) is 0 Å². The first-order valence-electron chi connectivity index (χ1n) is 8.23. The van der Waals surface area contributed by atoms with E-state index >= 15 is 0 Å². The lowest BCUT2D eigenvalue weighted by atomic mass is 9.97. The Balaban J connectivity index is 1.83. The number of carboxylic acid groups (broad SMARTS) is 1. The van der Waals surface area contributed by atoms with Gasteiger partial charge in [-0.05, 0) is 42.3 Å². The molecule has 0 aliphatic heterocycles. The normalized spacial score (nSPS) is 12.2. The zero-order chi connectivity index (χ0) is 19.0. The van der Waals surface area contributed by atoms with Crippen LogP contribution >= 0.6 is 0 Å². The number of carbonyl (C=O) groups is 1. The van der Waals surface area contributed by atoms with E-state index in [0.29, 0.717) is 11.0 Å². The number of benzene rings is 2. The van der Waals surface area contributed by atoms with Gasteiger partial charge in [-0.1, -0.05) is 18.2 Å². The van der Waals surface area contributed by atoms with Gasteiger partial charge in [0.05, 0.1) is 23.4 Å². The number of H-pyrrole nitrogens is 1. The lowest BCUT2D eigenvalue weighted by Gasteiger charge is -2.21. The zero-order valence-electron chi connectivity index (χ0n) is 14.3. The molecular formula is C19H15FN5O2-. The van der Waals surface area contributed by atoms with E-state index in [1.165, 1.54) is 12.1 Å². The Morgan fingerprint density at radius 1 is 1.22 bits per heavy atom. The van der Waals surface area contributed by atoms with E-state index in [4.69, 9.17) is 0 Å². The molecular weight excluding hydrogens is 349 g/mol. The third kappa shape index (κ3) is 3.24. The number of amides is 1. The van der Waals surface area contributed by atoms with Crippen LogP contribution in [0.2, 0.25) is 0 Å². The fraction of sp³-hybridized carbons (Fsp3) is 0.105. The highest BCUT2D eigenvalue weighted by Crippen LogP contribution is 2.30. The fourth-order valence-corrected chi connectivity index (χ4v) is 3.15. The van der Waals surface area contributed by atoms with Crippen molar-refractivity contribution in [2.24, 2.45) is 0 Å². The number of nitrogens with zero attached hydrogens (tertiary/aromatic N) is 3. The minimum absolute atomic E-state index is 0.0966. The molecule has 0 saturated carbocycles. The summed E-state index contributed by atoms with van der Waals surface area (Å²) < 4.78 is 15.4. The minimum atomic E-state index is -1.44. The van der Waals surface area contributed by atoms with E-state index in [2.05, 4.69) is 20.3 Å². The second-order valence-corrected chi connectivity index (χ2v) is 6.17. The molecule has 1 atom stereocenters. The quantitative estimate of drug-likeness (QED) is 0.581. The van der Waals surface area contributed by atoms with E-state index in [1.54, 1.807) is 30.7 Å². The molecule has 1 amide bonds. The van der Waals surface area contributed by atoms with Crippen molar-refractivity contribution < 1.29 is 14.3 Å². The first-order valence-corrected chi connectivity index (χ1v) is 8.23. The molecule has 4 aromatic rings. The molecule has 0 bridgehead atoms. The van der Waals surface area contributed by atoms with Gasteiger partial charge in [-0.15, -0.1) is 0 Å². The Kier molecular flexibility index (Phi) is 4.08. The topological polar surface area (TPSA) is 98.7 Å². The summed E-state index contributed by atoms with van der Waals surface area (Å²) >= 11 is 0. The molecule has 2 aromatic carbocycles. The molecule has 7 nitrogen and oxygen atoms in total. The van der Waals surface area contributed by atoms with Crippen LogP contribution in [0, 0.1) is 12.7 Å². The maximum Gasteiger partial charge on any atom is 0.206 e. The molecule has 2 N–H and O–H groups in total. The summed E-state index contributed by atoms with van der Waals surface area (Å²) in [4.78, 5) is 22.0. The van der Waals surface area contributed by atoms with Gasteiger partial charge in [0.2, 0.25) is 5.95 Å². The van der Waals surface area contributed by atoms with Gasteiger partial charge in [0.15, 0.2) is 0 Å². The van der Waals surface area contributed by atoms with Crippen molar-refractivity contribution >= 4 is 23.1 Å². The van der Waals surface area contributed by atoms with E-state index in [-0.39, 0.29) is 17.8 Å². The molecule has 2 heterocycles. The molecule has 27 heavy (non-hydrogen) atoms. The van der Waals surface area contributed by atoms with Gasteiger partial charge in [0.1, 0.15) is 11.9 Å². The Morgan fingerprint density at radius 3 is 2.63 bits per heavy atom. The molecule has 4 rings (SSSR count). The van der Waals surface area contributed by atoms with Crippen molar-refractivity contribution in [2.75, 3.05) is 5.32 Å². The molecule has 8 heteroatoms. The van der Waals surface area contributed by atoms with Crippen LogP contribution in [0.15, 0.2) is 55.0 Å². The molecule has 1 unspecified atom stereocenters. The third-order valence-corrected chi connectivity index (χ3v) is 4.37. The van der Waals surface area contributed by atoms with Crippen molar-refractivity contribution in [1.82, 2.24) is 19.5 Å². The van der Waals surface area contributed by atoms with Gasteiger partial charge in [-0.3, -0.25) is 0 Å². The zero-order valence-corrected chi connectivity index (χ0v) is 14.3. The number of aryl methyl sites for hydroxylation is 1. The highest BCUT2D eigenvalue weighted by atomic mass is 19.1. The van der Waals surface area contributed by atoms with Crippen molar-refractivity contribution in [3.05, 3.63) is 77.6 Å². The van der Waals surface area contributed by atoms with Gasteiger partial charge in [-0.25, -0.2) is 14.4 Å². The highest BCUT2D eigenvalue weighted by Gasteiger charge is 2.19. The van der Waals surface area contributed by atoms with Crippen LogP contribution in [0.5, 0.6) is 0 Å². The molecule has 0 aliphatic carbocycles. The smallest absolute Gasteiger partial charge is 0.206 e. The predicted molar refractivity (Wildman–Crippen MR) is 95.7 cm³/mol. The fourth-order valence-electron chi connectivity index (χ4n) is 3.15. The summed E-state index contributed by atoms with van der Waals surface area (Å²) in [6.45, 7) is 1.94. The van der Waals surface area contributed by atoms with Crippen LogP contribution in [0.3, 0.4) is 0 Å². The first kappa shape index (κ1) is 16.8. The number of fused-ring (bicyclic) bond motifs is 1. The van der Waals surface area contributed by atoms with E-state index in [1.807, 2.05) is 23.6 Å². The summed E-state index contributed by atoms with van der Waals surface area (Å²) in [5.41, 5.74) is 4.04. The number of halogens is 1. The molecule has 0 spiro atoms. The number of rotatable bonds is 4. The summed E-state index contributed by atoms with van der Waals surface area (Å²) in [5, 5.41) is 12.8. The molecule has 2 aromatic heterocycles. The van der Waals surface area contributed by atoms with Gasteiger partial charge in [-0.2, -0.15) is 0 Å². The Labute approximate surface area is 153 Å². The Bertz CT molecular complexity index is 1120. The van der Waals surface area contributed by atoms with Crippen molar-refractivity contribution in [3.8, 4) is 0 Å². The summed E-state index contributed by atoms with van der Waals surface area (Å²) in [6, 6.07) is 11.7. The average Bonchev–Trinajstić information content (AvgIpc) is 3.22. The summed E-state index contributed by atoms with van der Waals surface area (Å²) in [5.74, 6) is -0.207. The van der Waals surface area contributed by atoms with Crippen LogP contribution < -0.4 is 10.4 Å². The summed E-state index contributed by atoms with van der Waals surface area (Å²) in [6.07, 6.45) is 2.05. The molecule has 136 valence electrons. The largest absolute Gasteiger partial charge is 0.530 e. The molecule has 0 radical (unpaired) electrons. The monoisotopic (exact) mass is 364 g/mol. The molecule has 0 aliphatic rings. The lowest BCUT2D eigenvalue weighted by Crippen LogP contribution is -2.29. The number of carbonyl (C=O) groups excluding carboxylic acids is 1. The first-order chi connectivity index (χ1) is 13.0. The van der Waals surface area contributed by atoms with Gasteiger partial charge >= 0.3 is 0 Å². The number of aromatic amines is 1. The number of anilines is 1.